The van der Waals surface area contributed by atoms with Crippen molar-refractivity contribution in [1.29, 1.82) is 0 Å². The Labute approximate surface area is 117 Å². The van der Waals surface area contributed by atoms with Crippen LogP contribution >= 0.6 is 0 Å². The van der Waals surface area contributed by atoms with E-state index in [1.54, 1.807) is 24.3 Å². The van der Waals surface area contributed by atoms with E-state index in [9.17, 15) is 8.42 Å². The number of nitrogens with one attached hydrogen (secondary N) is 1. The summed E-state index contributed by atoms with van der Waals surface area (Å²) in [4.78, 5) is 4.13. The first kappa shape index (κ1) is 14.6. The van der Waals surface area contributed by atoms with Crippen LogP contribution in [0.1, 0.15) is 24.4 Å². The van der Waals surface area contributed by atoms with Crippen LogP contribution in [0.25, 0.3) is 0 Å². The fourth-order valence-electron chi connectivity index (χ4n) is 1.74. The van der Waals surface area contributed by atoms with Crippen LogP contribution in [0.2, 0.25) is 0 Å². The first-order valence-corrected chi connectivity index (χ1v) is 7.51. The van der Waals surface area contributed by atoms with Gasteiger partial charge in [0, 0.05) is 13.1 Å². The summed E-state index contributed by atoms with van der Waals surface area (Å²) in [5.74, 6) is 0.486. The Morgan fingerprint density at radius 1 is 1.45 bits per heavy atom. The number of nitrogens with two attached hydrogens (primary N) is 1. The van der Waals surface area contributed by atoms with Gasteiger partial charge in [-0.2, -0.15) is 9.40 Å². The Balaban J connectivity index is 2.27. The van der Waals surface area contributed by atoms with Crippen LogP contribution in [0.5, 0.6) is 0 Å². The van der Waals surface area contributed by atoms with Gasteiger partial charge in [0.1, 0.15) is 12.2 Å². The van der Waals surface area contributed by atoms with Crippen molar-refractivity contribution >= 4 is 10.0 Å². The van der Waals surface area contributed by atoms with Crippen LogP contribution < -0.4 is 5.73 Å². The molecular weight excluding hydrogens is 278 g/mol. The lowest BCUT2D eigenvalue weighted by atomic mass is 10.1. The maximum atomic E-state index is 12.5. The number of benzene rings is 1. The molecule has 0 aliphatic carbocycles. The normalized spacial score (nSPS) is 13.6. The second-order valence-electron chi connectivity index (χ2n) is 4.55. The van der Waals surface area contributed by atoms with Crippen LogP contribution in [0.3, 0.4) is 0 Å². The minimum atomic E-state index is -3.58. The number of H-pyrrole nitrogens is 1. The van der Waals surface area contributed by atoms with Crippen LogP contribution in [0.4, 0.5) is 0 Å². The maximum absolute atomic E-state index is 12.5. The Hall–Kier alpha value is -1.77. The van der Waals surface area contributed by atoms with Gasteiger partial charge < -0.3 is 5.73 Å². The lowest BCUT2D eigenvalue weighted by Crippen LogP contribution is -2.27. The van der Waals surface area contributed by atoms with E-state index in [1.807, 2.05) is 6.92 Å². The van der Waals surface area contributed by atoms with E-state index in [1.165, 1.54) is 17.7 Å². The van der Waals surface area contributed by atoms with E-state index < -0.39 is 10.0 Å². The van der Waals surface area contributed by atoms with Crippen molar-refractivity contribution in [3.63, 3.8) is 0 Å². The van der Waals surface area contributed by atoms with Crippen LogP contribution in [0.15, 0.2) is 35.5 Å². The zero-order valence-corrected chi connectivity index (χ0v) is 12.1. The first-order chi connectivity index (χ1) is 9.41. The summed E-state index contributed by atoms with van der Waals surface area (Å²) >= 11 is 0. The van der Waals surface area contributed by atoms with Crippen molar-refractivity contribution in [1.82, 2.24) is 19.5 Å². The first-order valence-electron chi connectivity index (χ1n) is 6.07. The van der Waals surface area contributed by atoms with Gasteiger partial charge in [-0.25, -0.2) is 13.4 Å². The monoisotopic (exact) mass is 295 g/mol. The average molecular weight is 295 g/mol. The Morgan fingerprint density at radius 3 is 2.80 bits per heavy atom. The third kappa shape index (κ3) is 3.03. The smallest absolute Gasteiger partial charge is 0.243 e. The fraction of sp³-hybridized carbons (Fsp3) is 0.333. The number of sulfonamides is 1. The summed E-state index contributed by atoms with van der Waals surface area (Å²) in [7, 11) is -2.08. The maximum Gasteiger partial charge on any atom is 0.243 e. The number of aromatic nitrogens is 3. The lowest BCUT2D eigenvalue weighted by Gasteiger charge is -2.17. The van der Waals surface area contributed by atoms with Gasteiger partial charge in [-0.15, -0.1) is 0 Å². The van der Waals surface area contributed by atoms with Gasteiger partial charge in [0.2, 0.25) is 10.0 Å². The number of aromatic amines is 1. The minimum absolute atomic E-state index is 0.130. The van der Waals surface area contributed by atoms with Gasteiger partial charge in [-0.3, -0.25) is 5.10 Å². The molecule has 7 nitrogen and oxygen atoms in total. The summed E-state index contributed by atoms with van der Waals surface area (Å²) in [6.07, 6.45) is 1.34. The quantitative estimate of drug-likeness (QED) is 0.842. The zero-order chi connectivity index (χ0) is 14.8. The predicted octanol–water partition coefficient (Wildman–Crippen LogP) is 0.645. The van der Waals surface area contributed by atoms with Crippen molar-refractivity contribution in [3.05, 3.63) is 42.0 Å². The molecule has 0 radical (unpaired) electrons. The molecule has 1 aromatic heterocycles. The molecular formula is C12H17N5O2S. The molecule has 0 aliphatic heterocycles. The molecule has 1 unspecified atom stereocenters. The molecule has 0 spiro atoms. The molecule has 2 rings (SSSR count). The second kappa shape index (κ2) is 5.70. The van der Waals surface area contributed by atoms with Crippen LogP contribution in [-0.2, 0) is 16.6 Å². The fourth-order valence-corrected chi connectivity index (χ4v) is 2.93. The molecule has 8 heteroatoms. The van der Waals surface area contributed by atoms with E-state index >= 15 is 0 Å². The van der Waals surface area contributed by atoms with Crippen LogP contribution in [0, 0.1) is 0 Å². The Kier molecular flexibility index (Phi) is 4.17. The third-order valence-corrected chi connectivity index (χ3v) is 4.73. The molecule has 0 saturated carbocycles. The molecule has 0 fully saturated rings. The molecule has 108 valence electrons. The van der Waals surface area contributed by atoms with Crippen molar-refractivity contribution in [3.8, 4) is 0 Å². The largest absolute Gasteiger partial charge is 0.324 e. The van der Waals surface area contributed by atoms with Crippen molar-refractivity contribution in [2.45, 2.75) is 24.4 Å². The van der Waals surface area contributed by atoms with Gasteiger partial charge in [0.15, 0.2) is 0 Å². The summed E-state index contributed by atoms with van der Waals surface area (Å²) in [5, 5.41) is 6.33. The molecule has 0 saturated heterocycles. The highest BCUT2D eigenvalue weighted by Gasteiger charge is 2.22. The molecule has 0 aliphatic rings. The number of nitrogens with zero attached hydrogens (tertiary/aromatic N) is 3. The summed E-state index contributed by atoms with van der Waals surface area (Å²) in [5.41, 5.74) is 6.56. The van der Waals surface area contributed by atoms with Crippen molar-refractivity contribution in [2.75, 3.05) is 7.05 Å². The highest BCUT2D eigenvalue weighted by Crippen LogP contribution is 2.19. The van der Waals surface area contributed by atoms with E-state index in [-0.39, 0.29) is 17.5 Å². The molecule has 2 aromatic rings. The Bertz CT molecular complexity index is 667. The lowest BCUT2D eigenvalue weighted by molar-refractivity contribution is 0.457. The topological polar surface area (TPSA) is 105 Å². The van der Waals surface area contributed by atoms with Gasteiger partial charge in [0.25, 0.3) is 0 Å². The van der Waals surface area contributed by atoms with E-state index in [0.717, 1.165) is 5.56 Å². The van der Waals surface area contributed by atoms with Crippen LogP contribution in [-0.4, -0.2) is 35.0 Å². The summed E-state index contributed by atoms with van der Waals surface area (Å²) in [6, 6.07) is 6.42. The van der Waals surface area contributed by atoms with E-state index in [2.05, 4.69) is 15.2 Å². The average Bonchev–Trinajstić information content (AvgIpc) is 2.91. The minimum Gasteiger partial charge on any atom is -0.324 e. The zero-order valence-electron chi connectivity index (χ0n) is 11.3. The second-order valence-corrected chi connectivity index (χ2v) is 6.60. The van der Waals surface area contributed by atoms with E-state index in [4.69, 9.17) is 5.73 Å². The standard InChI is InChI=1S/C12H17N5O2S/c1-9(13)10-4-3-5-11(6-10)20(18,19)17(2)7-12-14-8-15-16-12/h3-6,8-9H,7,13H2,1-2H3,(H,14,15,16). The molecule has 1 heterocycles. The number of hydrogen-bond acceptors (Lipinski definition) is 5. The van der Waals surface area contributed by atoms with Crippen molar-refractivity contribution in [2.24, 2.45) is 5.73 Å². The SMILES string of the molecule is CC(N)c1cccc(S(=O)(=O)N(C)Cc2ncn[nH]2)c1. The predicted molar refractivity (Wildman–Crippen MR) is 74.1 cm³/mol. The highest BCUT2D eigenvalue weighted by atomic mass is 32.2. The Morgan fingerprint density at radius 2 is 2.20 bits per heavy atom. The summed E-state index contributed by atoms with van der Waals surface area (Å²) < 4.78 is 26.1. The van der Waals surface area contributed by atoms with Crippen molar-refractivity contribution < 1.29 is 8.42 Å². The molecule has 1 aromatic carbocycles. The number of hydrogen-bond donors (Lipinski definition) is 2. The molecule has 20 heavy (non-hydrogen) atoms. The molecule has 0 amide bonds. The van der Waals surface area contributed by atoms with Gasteiger partial charge >= 0.3 is 0 Å². The summed E-state index contributed by atoms with van der Waals surface area (Å²) in [6.45, 7) is 1.94. The number of rotatable bonds is 5. The molecule has 0 bridgehead atoms. The van der Waals surface area contributed by atoms with Gasteiger partial charge in [-0.05, 0) is 24.6 Å². The molecule has 3 N–H and O–H groups in total. The van der Waals surface area contributed by atoms with Gasteiger partial charge in [-0.1, -0.05) is 12.1 Å². The highest BCUT2D eigenvalue weighted by molar-refractivity contribution is 7.89. The molecule has 1 atom stereocenters. The third-order valence-electron chi connectivity index (χ3n) is 2.93. The van der Waals surface area contributed by atoms with Gasteiger partial charge in [0.05, 0.1) is 11.4 Å². The van der Waals surface area contributed by atoms with E-state index in [0.29, 0.717) is 5.82 Å².